The second-order valence-electron chi connectivity index (χ2n) is 5.72. The monoisotopic (exact) mass is 333 g/mol. The molecule has 2 aliphatic rings. The molecule has 6 nitrogen and oxygen atoms in total. The SMILES string of the molecule is O=C(Cn1ccc(C(F)(F)F)n1)N1CCC(C2OCCO2)CC1. The minimum Gasteiger partial charge on any atom is -0.350 e. The standard InChI is InChI=1S/C14H18F3N3O3/c15-14(16,17)11-3-6-20(18-11)9-12(21)19-4-1-10(2-5-19)13-22-7-8-23-13/h3,6,10,13H,1-2,4-5,7-9H2. The highest BCUT2D eigenvalue weighted by Crippen LogP contribution is 2.28. The molecule has 1 amide bonds. The molecule has 23 heavy (non-hydrogen) atoms. The first kappa shape index (κ1) is 16.3. The number of carbonyl (C=O) groups excluding carboxylic acids is 1. The number of hydrogen-bond acceptors (Lipinski definition) is 4. The van der Waals surface area contributed by atoms with Crippen LogP contribution in [0, 0.1) is 5.92 Å². The van der Waals surface area contributed by atoms with Gasteiger partial charge in [-0.2, -0.15) is 18.3 Å². The molecule has 3 heterocycles. The molecule has 128 valence electrons. The third-order valence-corrected chi connectivity index (χ3v) is 4.15. The number of likely N-dealkylation sites (tertiary alicyclic amines) is 1. The molecule has 0 aliphatic carbocycles. The molecule has 0 unspecified atom stereocenters. The van der Waals surface area contributed by atoms with E-state index in [1.165, 1.54) is 6.20 Å². The Bertz CT molecular complexity index is 547. The number of ether oxygens (including phenoxy) is 2. The summed E-state index contributed by atoms with van der Waals surface area (Å²) in [6.45, 7) is 2.13. The zero-order valence-corrected chi connectivity index (χ0v) is 12.5. The summed E-state index contributed by atoms with van der Waals surface area (Å²) in [5, 5.41) is 3.40. The van der Waals surface area contributed by atoms with Crippen molar-refractivity contribution < 1.29 is 27.4 Å². The fraction of sp³-hybridized carbons (Fsp3) is 0.714. The molecule has 0 bridgehead atoms. The normalized spacial score (nSPS) is 21.1. The van der Waals surface area contributed by atoms with Crippen molar-refractivity contribution in [2.24, 2.45) is 5.92 Å². The largest absolute Gasteiger partial charge is 0.435 e. The molecule has 0 spiro atoms. The van der Waals surface area contributed by atoms with E-state index in [0.717, 1.165) is 23.6 Å². The quantitative estimate of drug-likeness (QED) is 0.841. The van der Waals surface area contributed by atoms with Crippen molar-refractivity contribution in [3.8, 4) is 0 Å². The summed E-state index contributed by atoms with van der Waals surface area (Å²) >= 11 is 0. The number of piperidine rings is 1. The van der Waals surface area contributed by atoms with Gasteiger partial charge in [-0.1, -0.05) is 0 Å². The lowest BCUT2D eigenvalue weighted by molar-refractivity contribution is -0.142. The van der Waals surface area contributed by atoms with Crippen molar-refractivity contribution in [1.82, 2.24) is 14.7 Å². The summed E-state index contributed by atoms with van der Waals surface area (Å²) in [6.07, 6.45) is -1.97. The van der Waals surface area contributed by atoms with Crippen LogP contribution in [0.15, 0.2) is 12.3 Å². The van der Waals surface area contributed by atoms with Crippen LogP contribution in [0.3, 0.4) is 0 Å². The Morgan fingerprint density at radius 1 is 1.26 bits per heavy atom. The lowest BCUT2D eigenvalue weighted by Crippen LogP contribution is -2.42. The van der Waals surface area contributed by atoms with Crippen LogP contribution < -0.4 is 0 Å². The van der Waals surface area contributed by atoms with Gasteiger partial charge in [0.1, 0.15) is 6.54 Å². The summed E-state index contributed by atoms with van der Waals surface area (Å²) in [6, 6.07) is 0.869. The van der Waals surface area contributed by atoms with Crippen molar-refractivity contribution in [2.75, 3.05) is 26.3 Å². The molecule has 3 rings (SSSR count). The number of aromatic nitrogens is 2. The summed E-state index contributed by atoms with van der Waals surface area (Å²) in [5.74, 6) is 0.0385. The molecule has 0 radical (unpaired) electrons. The molecule has 0 aromatic carbocycles. The fourth-order valence-electron chi connectivity index (χ4n) is 2.91. The maximum atomic E-state index is 12.5. The molecule has 0 saturated carbocycles. The van der Waals surface area contributed by atoms with Crippen LogP contribution in [-0.4, -0.2) is 53.2 Å². The van der Waals surface area contributed by atoms with Gasteiger partial charge in [-0.3, -0.25) is 9.48 Å². The van der Waals surface area contributed by atoms with Crippen LogP contribution in [0.25, 0.3) is 0 Å². The van der Waals surface area contributed by atoms with Gasteiger partial charge in [0.05, 0.1) is 13.2 Å². The smallest absolute Gasteiger partial charge is 0.350 e. The second kappa shape index (κ2) is 6.48. The summed E-state index contributed by atoms with van der Waals surface area (Å²) in [7, 11) is 0. The molecular formula is C14H18F3N3O3. The molecule has 9 heteroatoms. The van der Waals surface area contributed by atoms with Gasteiger partial charge < -0.3 is 14.4 Å². The number of halogens is 3. The van der Waals surface area contributed by atoms with Crippen LogP contribution in [0.1, 0.15) is 18.5 Å². The van der Waals surface area contributed by atoms with Crippen molar-refractivity contribution in [3.63, 3.8) is 0 Å². The molecular weight excluding hydrogens is 315 g/mol. The summed E-state index contributed by atoms with van der Waals surface area (Å²) in [4.78, 5) is 13.8. The van der Waals surface area contributed by atoms with Crippen molar-refractivity contribution >= 4 is 5.91 Å². The Labute approximate surface area is 131 Å². The van der Waals surface area contributed by atoms with Gasteiger partial charge in [0.25, 0.3) is 0 Å². The van der Waals surface area contributed by atoms with E-state index in [-0.39, 0.29) is 24.7 Å². The molecule has 0 N–H and O–H groups in total. The predicted octanol–water partition coefficient (Wildman–Crippen LogP) is 1.51. The van der Waals surface area contributed by atoms with E-state index in [4.69, 9.17) is 9.47 Å². The van der Waals surface area contributed by atoms with E-state index in [1.54, 1.807) is 4.90 Å². The average Bonchev–Trinajstić information content (AvgIpc) is 3.18. The molecule has 2 saturated heterocycles. The number of hydrogen-bond donors (Lipinski definition) is 0. The van der Waals surface area contributed by atoms with Crippen LogP contribution in [0.2, 0.25) is 0 Å². The van der Waals surface area contributed by atoms with Crippen molar-refractivity contribution in [1.29, 1.82) is 0 Å². The Balaban J connectivity index is 1.50. The van der Waals surface area contributed by atoms with Crippen LogP contribution in [-0.2, 0) is 27.0 Å². The highest BCUT2D eigenvalue weighted by molar-refractivity contribution is 5.76. The number of amides is 1. The van der Waals surface area contributed by atoms with E-state index < -0.39 is 11.9 Å². The topological polar surface area (TPSA) is 56.6 Å². The first-order chi connectivity index (χ1) is 10.9. The van der Waals surface area contributed by atoms with Gasteiger partial charge >= 0.3 is 6.18 Å². The van der Waals surface area contributed by atoms with E-state index in [1.807, 2.05) is 0 Å². The Morgan fingerprint density at radius 3 is 2.48 bits per heavy atom. The Kier molecular flexibility index (Phi) is 4.58. The summed E-state index contributed by atoms with van der Waals surface area (Å²) < 4.78 is 49.4. The summed E-state index contributed by atoms with van der Waals surface area (Å²) in [5.41, 5.74) is -0.987. The average molecular weight is 333 g/mol. The molecule has 2 aliphatic heterocycles. The van der Waals surface area contributed by atoms with Gasteiger partial charge in [0.15, 0.2) is 12.0 Å². The van der Waals surface area contributed by atoms with E-state index >= 15 is 0 Å². The predicted molar refractivity (Wildman–Crippen MR) is 72.2 cm³/mol. The van der Waals surface area contributed by atoms with Gasteiger partial charge in [-0.05, 0) is 18.9 Å². The molecule has 2 fully saturated rings. The fourth-order valence-corrected chi connectivity index (χ4v) is 2.91. The Hall–Kier alpha value is -1.61. The van der Waals surface area contributed by atoms with Gasteiger partial charge in [0.2, 0.25) is 5.91 Å². The number of alkyl halides is 3. The minimum atomic E-state index is -4.49. The highest BCUT2D eigenvalue weighted by Gasteiger charge is 2.34. The third kappa shape index (κ3) is 3.84. The third-order valence-electron chi connectivity index (χ3n) is 4.15. The maximum Gasteiger partial charge on any atom is 0.435 e. The number of rotatable bonds is 3. The van der Waals surface area contributed by atoms with Crippen molar-refractivity contribution in [3.05, 3.63) is 18.0 Å². The zero-order chi connectivity index (χ0) is 16.4. The molecule has 0 atom stereocenters. The van der Waals surface area contributed by atoms with Gasteiger partial charge in [0, 0.05) is 25.2 Å². The van der Waals surface area contributed by atoms with Crippen molar-refractivity contribution in [2.45, 2.75) is 31.9 Å². The first-order valence-corrected chi connectivity index (χ1v) is 7.55. The van der Waals surface area contributed by atoms with Crippen LogP contribution >= 0.6 is 0 Å². The first-order valence-electron chi connectivity index (χ1n) is 7.55. The number of carbonyl (C=O) groups is 1. The number of nitrogens with zero attached hydrogens (tertiary/aromatic N) is 3. The van der Waals surface area contributed by atoms with E-state index in [0.29, 0.717) is 26.3 Å². The zero-order valence-electron chi connectivity index (χ0n) is 12.5. The lowest BCUT2D eigenvalue weighted by atomic mass is 9.96. The Morgan fingerprint density at radius 2 is 1.91 bits per heavy atom. The van der Waals surface area contributed by atoms with E-state index in [9.17, 15) is 18.0 Å². The molecule has 1 aromatic heterocycles. The van der Waals surface area contributed by atoms with E-state index in [2.05, 4.69) is 5.10 Å². The minimum absolute atomic E-state index is 0.183. The molecule has 1 aromatic rings. The van der Waals surface area contributed by atoms with Crippen LogP contribution in [0.5, 0.6) is 0 Å². The van der Waals surface area contributed by atoms with Gasteiger partial charge in [-0.25, -0.2) is 0 Å². The maximum absolute atomic E-state index is 12.5. The lowest BCUT2D eigenvalue weighted by Gasteiger charge is -2.33. The van der Waals surface area contributed by atoms with Gasteiger partial charge in [-0.15, -0.1) is 0 Å². The van der Waals surface area contributed by atoms with Crippen LogP contribution in [0.4, 0.5) is 13.2 Å². The second-order valence-corrected chi connectivity index (χ2v) is 5.72. The highest BCUT2D eigenvalue weighted by atomic mass is 19.4.